The molecule has 0 saturated heterocycles. The number of halogens is 1. The zero-order valence-corrected chi connectivity index (χ0v) is 11.7. The van der Waals surface area contributed by atoms with E-state index in [0.717, 1.165) is 12.1 Å². The third-order valence-corrected chi connectivity index (χ3v) is 2.95. The summed E-state index contributed by atoms with van der Waals surface area (Å²) in [6.07, 6.45) is 0. The summed E-state index contributed by atoms with van der Waals surface area (Å²) in [5.41, 5.74) is 0.0220. The van der Waals surface area contributed by atoms with Gasteiger partial charge in [0, 0.05) is 22.8 Å². The van der Waals surface area contributed by atoms with Crippen LogP contribution in [0.1, 0.15) is 10.4 Å². The number of hydrogen-bond donors (Lipinski definition) is 1. The highest BCUT2D eigenvalue weighted by Crippen LogP contribution is 2.25. The quantitative estimate of drug-likeness (QED) is 0.518. The molecule has 7 nitrogen and oxygen atoms in total. The second kappa shape index (κ2) is 6.68. The highest BCUT2D eigenvalue weighted by Gasteiger charge is 2.18. The predicted molar refractivity (Wildman–Crippen MR) is 79.2 cm³/mol. The van der Waals surface area contributed by atoms with Gasteiger partial charge in [-0.15, -0.1) is 0 Å². The normalized spacial score (nSPS) is 9.86. The van der Waals surface area contributed by atoms with E-state index in [1.807, 2.05) is 0 Å². The molecule has 0 aliphatic rings. The zero-order chi connectivity index (χ0) is 16.1. The highest BCUT2D eigenvalue weighted by molar-refractivity contribution is 6.30. The lowest BCUT2D eigenvalue weighted by Crippen LogP contribution is -2.13. The standard InChI is InChI=1S/C14H9ClN2O5/c15-9-1-3-10(4-2-9)16-14(19)12-7-11(17(20)21)5-6-13(12)22-8-18/h1-8H,(H,16,19). The van der Waals surface area contributed by atoms with Gasteiger partial charge >= 0.3 is 0 Å². The fraction of sp³-hybridized carbons (Fsp3) is 0. The summed E-state index contributed by atoms with van der Waals surface area (Å²) in [6, 6.07) is 9.64. The van der Waals surface area contributed by atoms with Gasteiger partial charge in [-0.1, -0.05) is 11.6 Å². The van der Waals surface area contributed by atoms with Crippen molar-refractivity contribution >= 4 is 35.4 Å². The summed E-state index contributed by atoms with van der Waals surface area (Å²) in [5, 5.41) is 13.8. The van der Waals surface area contributed by atoms with Crippen LogP contribution in [0.15, 0.2) is 42.5 Å². The SMILES string of the molecule is O=COc1ccc([N+](=O)[O-])cc1C(=O)Nc1ccc(Cl)cc1. The number of benzene rings is 2. The molecule has 0 aliphatic carbocycles. The number of carbonyl (C=O) groups is 2. The Kier molecular flexibility index (Phi) is 4.70. The van der Waals surface area contributed by atoms with Gasteiger partial charge in [0.2, 0.25) is 0 Å². The van der Waals surface area contributed by atoms with Crippen LogP contribution in [0.4, 0.5) is 11.4 Å². The number of carbonyl (C=O) groups excluding carboxylic acids is 2. The van der Waals surface area contributed by atoms with Gasteiger partial charge < -0.3 is 10.1 Å². The number of ether oxygens (including phenoxy) is 1. The Balaban J connectivity index is 2.33. The molecule has 2 aromatic carbocycles. The molecule has 0 aliphatic heterocycles. The molecule has 0 spiro atoms. The highest BCUT2D eigenvalue weighted by atomic mass is 35.5. The number of rotatable bonds is 5. The maximum absolute atomic E-state index is 12.2. The van der Waals surface area contributed by atoms with E-state index in [2.05, 4.69) is 10.1 Å². The van der Waals surface area contributed by atoms with Crippen molar-refractivity contribution < 1.29 is 19.2 Å². The Morgan fingerprint density at radius 1 is 1.23 bits per heavy atom. The molecule has 0 atom stereocenters. The Morgan fingerprint density at radius 2 is 1.91 bits per heavy atom. The number of nitrogens with zero attached hydrogens (tertiary/aromatic N) is 1. The summed E-state index contributed by atoms with van der Waals surface area (Å²) in [7, 11) is 0. The largest absolute Gasteiger partial charge is 0.428 e. The van der Waals surface area contributed by atoms with Gasteiger partial charge in [0.1, 0.15) is 5.75 Å². The number of nitrogens with one attached hydrogen (secondary N) is 1. The topological polar surface area (TPSA) is 98.5 Å². The van der Waals surface area contributed by atoms with Crippen molar-refractivity contribution in [2.24, 2.45) is 0 Å². The summed E-state index contributed by atoms with van der Waals surface area (Å²) < 4.78 is 4.66. The molecule has 0 bridgehead atoms. The lowest BCUT2D eigenvalue weighted by molar-refractivity contribution is -0.384. The van der Waals surface area contributed by atoms with Gasteiger partial charge in [0.25, 0.3) is 18.1 Å². The monoisotopic (exact) mass is 320 g/mol. The third kappa shape index (κ3) is 3.58. The second-order valence-corrected chi connectivity index (χ2v) is 4.55. The molecule has 1 amide bonds. The van der Waals surface area contributed by atoms with Crippen molar-refractivity contribution in [3.05, 3.63) is 63.2 Å². The molecule has 0 heterocycles. The van der Waals surface area contributed by atoms with Gasteiger partial charge in [0.15, 0.2) is 0 Å². The third-order valence-electron chi connectivity index (χ3n) is 2.70. The molecule has 0 unspecified atom stereocenters. The average Bonchev–Trinajstić information content (AvgIpc) is 2.50. The van der Waals surface area contributed by atoms with Gasteiger partial charge in [0.05, 0.1) is 10.5 Å². The molecule has 2 aromatic rings. The van der Waals surface area contributed by atoms with Crippen LogP contribution in [0.5, 0.6) is 5.75 Å². The number of amides is 1. The Bertz CT molecular complexity index is 731. The van der Waals surface area contributed by atoms with E-state index >= 15 is 0 Å². The summed E-state index contributed by atoms with van der Waals surface area (Å²) in [4.78, 5) is 32.8. The average molecular weight is 321 g/mol. The fourth-order valence-electron chi connectivity index (χ4n) is 1.70. The lowest BCUT2D eigenvalue weighted by atomic mass is 10.1. The predicted octanol–water partition coefficient (Wildman–Crippen LogP) is 3.04. The summed E-state index contributed by atoms with van der Waals surface area (Å²) in [6.45, 7) is 0.139. The number of nitro benzene ring substituents is 1. The molecular weight excluding hydrogens is 312 g/mol. The van der Waals surface area contributed by atoms with Crippen LogP contribution in [0, 0.1) is 10.1 Å². The zero-order valence-electron chi connectivity index (χ0n) is 11.0. The van der Waals surface area contributed by atoms with Crippen LogP contribution in [-0.4, -0.2) is 17.3 Å². The van der Waals surface area contributed by atoms with E-state index in [1.54, 1.807) is 24.3 Å². The van der Waals surface area contributed by atoms with Crippen molar-refractivity contribution in [3.8, 4) is 5.75 Å². The Hall–Kier alpha value is -2.93. The number of anilines is 1. The first-order valence-corrected chi connectivity index (χ1v) is 6.34. The van der Waals surface area contributed by atoms with Crippen LogP contribution in [0.2, 0.25) is 5.02 Å². The van der Waals surface area contributed by atoms with Crippen molar-refractivity contribution in [2.45, 2.75) is 0 Å². The van der Waals surface area contributed by atoms with Crippen LogP contribution in [-0.2, 0) is 4.79 Å². The first kappa shape index (κ1) is 15.5. The fourth-order valence-corrected chi connectivity index (χ4v) is 1.82. The molecular formula is C14H9ClN2O5. The van der Waals surface area contributed by atoms with E-state index in [1.165, 1.54) is 6.07 Å². The van der Waals surface area contributed by atoms with Crippen molar-refractivity contribution in [2.75, 3.05) is 5.32 Å². The maximum atomic E-state index is 12.2. The molecule has 0 fully saturated rings. The Labute approximate surface area is 129 Å². The van der Waals surface area contributed by atoms with Crippen LogP contribution < -0.4 is 10.1 Å². The minimum Gasteiger partial charge on any atom is -0.428 e. The van der Waals surface area contributed by atoms with Crippen molar-refractivity contribution in [1.82, 2.24) is 0 Å². The van der Waals surface area contributed by atoms with Gasteiger partial charge in [-0.05, 0) is 30.3 Å². The molecule has 112 valence electrons. The molecule has 2 rings (SSSR count). The van der Waals surface area contributed by atoms with E-state index in [0.29, 0.717) is 10.7 Å². The molecule has 0 aromatic heterocycles. The molecule has 0 saturated carbocycles. The van der Waals surface area contributed by atoms with Crippen molar-refractivity contribution in [3.63, 3.8) is 0 Å². The molecule has 22 heavy (non-hydrogen) atoms. The Morgan fingerprint density at radius 3 is 2.50 bits per heavy atom. The number of nitro groups is 1. The summed E-state index contributed by atoms with van der Waals surface area (Å²) >= 11 is 5.74. The van der Waals surface area contributed by atoms with E-state index in [-0.39, 0.29) is 23.5 Å². The maximum Gasteiger partial charge on any atom is 0.298 e. The minimum atomic E-state index is -0.650. The molecule has 8 heteroatoms. The first-order valence-electron chi connectivity index (χ1n) is 5.97. The lowest BCUT2D eigenvalue weighted by Gasteiger charge is -2.08. The van der Waals surface area contributed by atoms with E-state index < -0.39 is 10.8 Å². The second-order valence-electron chi connectivity index (χ2n) is 4.11. The van der Waals surface area contributed by atoms with Crippen LogP contribution >= 0.6 is 11.6 Å². The summed E-state index contributed by atoms with van der Waals surface area (Å²) in [5.74, 6) is -0.727. The minimum absolute atomic E-state index is 0.0768. The molecule has 0 radical (unpaired) electrons. The number of non-ortho nitro benzene ring substituents is 1. The first-order chi connectivity index (χ1) is 10.5. The van der Waals surface area contributed by atoms with Gasteiger partial charge in [-0.3, -0.25) is 19.7 Å². The van der Waals surface area contributed by atoms with Crippen LogP contribution in [0.25, 0.3) is 0 Å². The van der Waals surface area contributed by atoms with E-state index in [4.69, 9.17) is 11.6 Å². The van der Waals surface area contributed by atoms with Gasteiger partial charge in [-0.25, -0.2) is 0 Å². The van der Waals surface area contributed by atoms with E-state index in [9.17, 15) is 19.7 Å². The van der Waals surface area contributed by atoms with Crippen LogP contribution in [0.3, 0.4) is 0 Å². The number of hydrogen-bond acceptors (Lipinski definition) is 5. The molecule has 1 N–H and O–H groups in total. The smallest absolute Gasteiger partial charge is 0.298 e. The van der Waals surface area contributed by atoms with Crippen molar-refractivity contribution in [1.29, 1.82) is 0 Å². The van der Waals surface area contributed by atoms with Gasteiger partial charge in [-0.2, -0.15) is 0 Å².